The van der Waals surface area contributed by atoms with Gasteiger partial charge < -0.3 is 10.1 Å². The first-order valence-electron chi connectivity index (χ1n) is 8.89. The molecule has 1 aromatic heterocycles. The number of ether oxygens (including phenoxy) is 1. The Morgan fingerprint density at radius 2 is 1.96 bits per heavy atom. The van der Waals surface area contributed by atoms with Gasteiger partial charge in [-0.2, -0.15) is 0 Å². The molecule has 0 fully saturated rings. The van der Waals surface area contributed by atoms with Gasteiger partial charge in [0.05, 0.1) is 22.6 Å². The molecular weight excluding hydrogens is 358 g/mol. The number of benzene rings is 1. The number of anilines is 1. The maximum atomic E-state index is 12.8. The Bertz CT molecular complexity index is 924. The maximum Gasteiger partial charge on any atom is 0.336 e. The zero-order valence-electron chi connectivity index (χ0n) is 15.9. The van der Waals surface area contributed by atoms with Crippen molar-refractivity contribution in [3.63, 3.8) is 0 Å². The van der Waals surface area contributed by atoms with Gasteiger partial charge in [-0.15, -0.1) is 11.3 Å². The van der Waals surface area contributed by atoms with Gasteiger partial charge in [-0.25, -0.2) is 4.79 Å². The van der Waals surface area contributed by atoms with Crippen molar-refractivity contribution < 1.29 is 14.3 Å². The van der Waals surface area contributed by atoms with Crippen molar-refractivity contribution in [2.75, 3.05) is 12.4 Å². The fraction of sp³-hybridized carbons (Fsp3) is 0.273. The molecule has 1 aliphatic heterocycles. The predicted octanol–water partition coefficient (Wildman–Crippen LogP) is 5.15. The zero-order chi connectivity index (χ0) is 19.6. The highest BCUT2D eigenvalue weighted by Gasteiger charge is 2.35. The number of nitrogens with one attached hydrogen (secondary N) is 1. The van der Waals surface area contributed by atoms with Gasteiger partial charge in [0.2, 0.25) is 0 Å². The van der Waals surface area contributed by atoms with Crippen molar-refractivity contribution in [1.82, 2.24) is 0 Å². The summed E-state index contributed by atoms with van der Waals surface area (Å²) in [7, 11) is 1.39. The van der Waals surface area contributed by atoms with Crippen LogP contribution >= 0.6 is 11.3 Å². The quantitative estimate of drug-likeness (QED) is 0.442. The molecule has 0 radical (unpaired) electrons. The highest BCUT2D eigenvalue weighted by molar-refractivity contribution is 7.18. The van der Waals surface area contributed by atoms with Crippen LogP contribution in [0.3, 0.4) is 0 Å². The molecule has 140 valence electrons. The highest BCUT2D eigenvalue weighted by Crippen LogP contribution is 2.46. The van der Waals surface area contributed by atoms with Gasteiger partial charge in [0.25, 0.3) is 0 Å². The molecule has 0 bridgehead atoms. The molecule has 0 spiro atoms. The molecule has 2 atom stereocenters. The summed E-state index contributed by atoms with van der Waals surface area (Å²) in [5, 5.41) is 4.21. The Labute approximate surface area is 163 Å². The number of carbonyl (C=O) groups is 2. The minimum atomic E-state index is -0.360. The molecule has 0 amide bonds. The Balaban J connectivity index is 2.12. The first kappa shape index (κ1) is 19.1. The third-order valence-corrected chi connectivity index (χ3v) is 5.82. The van der Waals surface area contributed by atoms with Crippen molar-refractivity contribution in [1.29, 1.82) is 0 Å². The van der Waals surface area contributed by atoms with E-state index in [0.29, 0.717) is 10.5 Å². The molecule has 1 aliphatic rings. The lowest BCUT2D eigenvalue weighted by Crippen LogP contribution is -2.22. The minimum Gasteiger partial charge on any atom is -0.466 e. The fourth-order valence-corrected chi connectivity index (χ4v) is 4.61. The van der Waals surface area contributed by atoms with E-state index >= 15 is 0 Å². The van der Waals surface area contributed by atoms with Crippen LogP contribution in [-0.4, -0.2) is 18.9 Å². The number of ketones is 1. The molecule has 27 heavy (non-hydrogen) atoms. The van der Waals surface area contributed by atoms with E-state index in [4.69, 9.17) is 4.74 Å². The number of fused-ring (bicyclic) bond motifs is 1. The second-order valence-corrected chi connectivity index (χ2v) is 7.62. The topological polar surface area (TPSA) is 55.4 Å². The van der Waals surface area contributed by atoms with Gasteiger partial charge in [-0.05, 0) is 31.0 Å². The van der Waals surface area contributed by atoms with Crippen LogP contribution in [0.25, 0.3) is 0 Å². The standard InChI is InChI=1S/C22H23NO3S/c1-5-9-13(2)20(24)17-12-16-19(15-10-7-6-8-11-15)18(22(25)26-4)14(3)23-21(16)27-17/h5-13,19,23H,1-4H3/b9-5-. The smallest absolute Gasteiger partial charge is 0.336 e. The van der Waals surface area contributed by atoms with Crippen LogP contribution in [0.1, 0.15) is 47.5 Å². The van der Waals surface area contributed by atoms with Crippen LogP contribution < -0.4 is 5.32 Å². The van der Waals surface area contributed by atoms with E-state index in [9.17, 15) is 9.59 Å². The minimum absolute atomic E-state index is 0.0818. The van der Waals surface area contributed by atoms with E-state index in [1.54, 1.807) is 0 Å². The number of hydrogen-bond donors (Lipinski definition) is 1. The lowest BCUT2D eigenvalue weighted by molar-refractivity contribution is -0.136. The molecule has 1 aromatic carbocycles. The Hall–Kier alpha value is -2.66. The number of Topliss-reactive ketones (excluding diaryl/α,β-unsaturated/α-hetero) is 1. The van der Waals surface area contributed by atoms with E-state index in [-0.39, 0.29) is 23.6 Å². The van der Waals surface area contributed by atoms with Crippen molar-refractivity contribution in [3.05, 3.63) is 75.8 Å². The highest BCUT2D eigenvalue weighted by atomic mass is 32.1. The summed E-state index contributed by atoms with van der Waals surface area (Å²) in [6.07, 6.45) is 3.79. The van der Waals surface area contributed by atoms with E-state index < -0.39 is 0 Å². The van der Waals surface area contributed by atoms with Crippen LogP contribution in [0.4, 0.5) is 5.00 Å². The normalized spacial score (nSPS) is 17.4. The molecule has 1 N–H and O–H groups in total. The lowest BCUT2D eigenvalue weighted by Gasteiger charge is -2.27. The van der Waals surface area contributed by atoms with Crippen molar-refractivity contribution in [2.45, 2.75) is 26.7 Å². The number of allylic oxidation sites excluding steroid dienone is 3. The molecular formula is C22H23NO3S. The van der Waals surface area contributed by atoms with Crippen LogP contribution in [0.2, 0.25) is 0 Å². The van der Waals surface area contributed by atoms with Gasteiger partial charge in [-0.1, -0.05) is 49.4 Å². The van der Waals surface area contributed by atoms with Gasteiger partial charge in [0, 0.05) is 17.5 Å². The fourth-order valence-electron chi connectivity index (χ4n) is 3.42. The molecule has 5 heteroatoms. The van der Waals surface area contributed by atoms with Crippen LogP contribution in [0.5, 0.6) is 0 Å². The summed E-state index contributed by atoms with van der Waals surface area (Å²) in [4.78, 5) is 26.0. The van der Waals surface area contributed by atoms with Gasteiger partial charge in [-0.3, -0.25) is 4.79 Å². The largest absolute Gasteiger partial charge is 0.466 e. The first-order valence-corrected chi connectivity index (χ1v) is 9.71. The zero-order valence-corrected chi connectivity index (χ0v) is 16.7. The monoisotopic (exact) mass is 381 g/mol. The average Bonchev–Trinajstić information content (AvgIpc) is 3.09. The summed E-state index contributed by atoms with van der Waals surface area (Å²) < 4.78 is 5.04. The molecule has 4 nitrogen and oxygen atoms in total. The second-order valence-electron chi connectivity index (χ2n) is 6.57. The van der Waals surface area contributed by atoms with Crippen LogP contribution in [0.15, 0.2) is 59.8 Å². The van der Waals surface area contributed by atoms with E-state index in [2.05, 4.69) is 5.32 Å². The van der Waals surface area contributed by atoms with E-state index in [1.807, 2.05) is 69.3 Å². The SMILES string of the molecule is C/C=C\C(C)C(=O)c1cc2c(s1)NC(C)=C(C(=O)OC)C2c1ccccc1. The third kappa shape index (κ3) is 3.60. The third-order valence-electron chi connectivity index (χ3n) is 4.74. The number of rotatable bonds is 5. The number of esters is 1. The van der Waals surface area contributed by atoms with Crippen molar-refractivity contribution in [2.24, 2.45) is 5.92 Å². The van der Waals surface area contributed by atoms with Gasteiger partial charge in [0.15, 0.2) is 5.78 Å². The molecule has 0 saturated heterocycles. The Morgan fingerprint density at radius 3 is 2.59 bits per heavy atom. The Kier molecular flexibility index (Phi) is 5.61. The van der Waals surface area contributed by atoms with E-state index in [0.717, 1.165) is 21.8 Å². The van der Waals surface area contributed by atoms with Crippen molar-refractivity contribution in [3.8, 4) is 0 Å². The number of methoxy groups -OCH3 is 1. The molecule has 2 unspecified atom stereocenters. The maximum absolute atomic E-state index is 12.8. The number of carbonyl (C=O) groups excluding carboxylic acids is 2. The average molecular weight is 381 g/mol. The van der Waals surface area contributed by atoms with Gasteiger partial charge in [0.1, 0.15) is 0 Å². The molecule has 0 saturated carbocycles. The summed E-state index contributed by atoms with van der Waals surface area (Å²) in [5.41, 5.74) is 3.27. The molecule has 3 rings (SSSR count). The summed E-state index contributed by atoms with van der Waals surface area (Å²) in [5.74, 6) is -0.719. The predicted molar refractivity (Wildman–Crippen MR) is 109 cm³/mol. The Morgan fingerprint density at radius 1 is 1.26 bits per heavy atom. The van der Waals surface area contributed by atoms with Crippen LogP contribution in [-0.2, 0) is 9.53 Å². The number of hydrogen-bond acceptors (Lipinski definition) is 5. The summed E-state index contributed by atoms with van der Waals surface area (Å²) in [6.45, 7) is 5.67. The summed E-state index contributed by atoms with van der Waals surface area (Å²) in [6, 6.07) is 11.8. The first-order chi connectivity index (χ1) is 13.0. The van der Waals surface area contributed by atoms with Crippen LogP contribution in [0, 0.1) is 5.92 Å². The molecule has 0 aliphatic carbocycles. The second kappa shape index (κ2) is 7.92. The molecule has 2 heterocycles. The molecule has 2 aromatic rings. The van der Waals surface area contributed by atoms with E-state index in [1.165, 1.54) is 18.4 Å². The summed E-state index contributed by atoms with van der Waals surface area (Å²) >= 11 is 1.44. The van der Waals surface area contributed by atoms with Gasteiger partial charge >= 0.3 is 5.97 Å². The van der Waals surface area contributed by atoms with Crippen molar-refractivity contribution >= 4 is 28.1 Å². The lowest BCUT2D eigenvalue weighted by atomic mass is 9.82. The number of thiophene rings is 1.